The van der Waals surface area contributed by atoms with E-state index in [-0.39, 0.29) is 11.3 Å². The Morgan fingerprint density at radius 1 is 1.41 bits per heavy atom. The highest BCUT2D eigenvalue weighted by molar-refractivity contribution is 5.94. The van der Waals surface area contributed by atoms with Crippen molar-refractivity contribution in [2.75, 3.05) is 33.8 Å². The van der Waals surface area contributed by atoms with Crippen molar-refractivity contribution in [1.82, 2.24) is 10.2 Å². The Balaban J connectivity index is 2.99. The predicted molar refractivity (Wildman–Crippen MR) is 83.9 cm³/mol. The zero-order valence-corrected chi connectivity index (χ0v) is 13.3. The lowest BCUT2D eigenvalue weighted by atomic mass is 10.1. The van der Waals surface area contributed by atoms with Crippen LogP contribution in [0, 0.1) is 10.1 Å². The zero-order valence-electron chi connectivity index (χ0n) is 13.3. The maximum atomic E-state index is 11.7. The topological polar surface area (TPSA) is 84.7 Å². The van der Waals surface area contributed by atoms with Gasteiger partial charge in [0, 0.05) is 25.7 Å². The first-order chi connectivity index (χ1) is 10.5. The molecule has 22 heavy (non-hydrogen) atoms. The van der Waals surface area contributed by atoms with Gasteiger partial charge in [0.1, 0.15) is 5.56 Å². The average Bonchev–Trinajstić information content (AvgIpc) is 2.51. The van der Waals surface area contributed by atoms with Crippen LogP contribution in [0.4, 0.5) is 5.69 Å². The lowest BCUT2D eigenvalue weighted by molar-refractivity contribution is -0.385. The standard InChI is InChI=1S/C15H23N3O4/c1-4-8-17(9-7-16-2)11-12-5-6-14(18(20)21)13(10-12)15(19)22-3/h5-6,10,16H,4,7-9,11H2,1-3H3. The van der Waals surface area contributed by atoms with Gasteiger partial charge in [0.15, 0.2) is 0 Å². The van der Waals surface area contributed by atoms with Crippen LogP contribution < -0.4 is 5.32 Å². The number of benzene rings is 1. The molecular formula is C15H23N3O4. The molecule has 122 valence electrons. The van der Waals surface area contributed by atoms with E-state index < -0.39 is 10.9 Å². The van der Waals surface area contributed by atoms with Gasteiger partial charge in [-0.2, -0.15) is 0 Å². The van der Waals surface area contributed by atoms with E-state index in [2.05, 4.69) is 21.9 Å². The molecule has 0 unspecified atom stereocenters. The number of nitro benzene ring substituents is 1. The quantitative estimate of drug-likeness (QED) is 0.425. The number of nitrogens with one attached hydrogen (secondary N) is 1. The van der Waals surface area contributed by atoms with Crippen molar-refractivity contribution in [2.24, 2.45) is 0 Å². The minimum absolute atomic E-state index is 0.00457. The van der Waals surface area contributed by atoms with Gasteiger partial charge in [-0.15, -0.1) is 0 Å². The number of rotatable bonds is 9. The third-order valence-electron chi connectivity index (χ3n) is 3.29. The van der Waals surface area contributed by atoms with E-state index in [1.54, 1.807) is 12.1 Å². The largest absolute Gasteiger partial charge is 0.465 e. The molecule has 0 atom stereocenters. The molecule has 1 N–H and O–H groups in total. The number of hydrogen-bond donors (Lipinski definition) is 1. The van der Waals surface area contributed by atoms with Crippen LogP contribution in [0.3, 0.4) is 0 Å². The van der Waals surface area contributed by atoms with E-state index >= 15 is 0 Å². The van der Waals surface area contributed by atoms with E-state index in [1.807, 2.05) is 7.05 Å². The smallest absolute Gasteiger partial charge is 0.344 e. The molecule has 0 aliphatic heterocycles. The fourth-order valence-corrected chi connectivity index (χ4v) is 2.23. The van der Waals surface area contributed by atoms with Crippen molar-refractivity contribution in [3.05, 3.63) is 39.4 Å². The first-order valence-electron chi connectivity index (χ1n) is 7.26. The highest BCUT2D eigenvalue weighted by Crippen LogP contribution is 2.21. The van der Waals surface area contributed by atoms with Gasteiger partial charge < -0.3 is 10.1 Å². The van der Waals surface area contributed by atoms with Gasteiger partial charge in [-0.25, -0.2) is 4.79 Å². The Morgan fingerprint density at radius 2 is 2.14 bits per heavy atom. The lowest BCUT2D eigenvalue weighted by Gasteiger charge is -2.21. The number of hydrogen-bond acceptors (Lipinski definition) is 6. The highest BCUT2D eigenvalue weighted by Gasteiger charge is 2.21. The van der Waals surface area contributed by atoms with Crippen molar-refractivity contribution in [1.29, 1.82) is 0 Å². The van der Waals surface area contributed by atoms with Gasteiger partial charge in [-0.1, -0.05) is 13.0 Å². The number of esters is 1. The summed E-state index contributed by atoms with van der Waals surface area (Å²) >= 11 is 0. The van der Waals surface area contributed by atoms with Crippen LogP contribution in [0.5, 0.6) is 0 Å². The summed E-state index contributed by atoms with van der Waals surface area (Å²) in [6.07, 6.45) is 1.01. The number of likely N-dealkylation sites (N-methyl/N-ethyl adjacent to an activating group) is 1. The van der Waals surface area contributed by atoms with E-state index in [4.69, 9.17) is 0 Å². The van der Waals surface area contributed by atoms with Gasteiger partial charge in [-0.3, -0.25) is 15.0 Å². The van der Waals surface area contributed by atoms with Crippen LogP contribution >= 0.6 is 0 Å². The monoisotopic (exact) mass is 309 g/mol. The Labute approximate surface area is 130 Å². The number of carbonyl (C=O) groups is 1. The van der Waals surface area contributed by atoms with Crippen LogP contribution in [0.2, 0.25) is 0 Å². The van der Waals surface area contributed by atoms with Crippen LogP contribution in [-0.4, -0.2) is 49.6 Å². The summed E-state index contributed by atoms with van der Waals surface area (Å²) in [5.41, 5.74) is 0.624. The predicted octanol–water partition coefficient (Wildman–Crippen LogP) is 1.81. The summed E-state index contributed by atoms with van der Waals surface area (Å²) in [6, 6.07) is 4.60. The summed E-state index contributed by atoms with van der Waals surface area (Å²) < 4.78 is 4.63. The summed E-state index contributed by atoms with van der Waals surface area (Å²) in [5, 5.41) is 14.1. The minimum Gasteiger partial charge on any atom is -0.465 e. The van der Waals surface area contributed by atoms with E-state index in [0.29, 0.717) is 6.54 Å². The van der Waals surface area contributed by atoms with Gasteiger partial charge in [0.05, 0.1) is 12.0 Å². The normalized spacial score (nSPS) is 10.7. The molecule has 0 fully saturated rings. The molecule has 0 aromatic heterocycles. The molecule has 7 heteroatoms. The summed E-state index contributed by atoms with van der Waals surface area (Å²) in [6.45, 7) is 5.39. The van der Waals surface area contributed by atoms with E-state index in [0.717, 1.165) is 31.6 Å². The molecule has 1 rings (SSSR count). The number of carbonyl (C=O) groups excluding carboxylic acids is 1. The lowest BCUT2D eigenvalue weighted by Crippen LogP contribution is -2.31. The van der Waals surface area contributed by atoms with Crippen molar-refractivity contribution in [3.63, 3.8) is 0 Å². The van der Waals surface area contributed by atoms with Crippen molar-refractivity contribution in [2.45, 2.75) is 19.9 Å². The summed E-state index contributed by atoms with van der Waals surface area (Å²) in [7, 11) is 3.11. The second kappa shape index (κ2) is 9.11. The highest BCUT2D eigenvalue weighted by atomic mass is 16.6. The van der Waals surface area contributed by atoms with Crippen molar-refractivity contribution < 1.29 is 14.5 Å². The first-order valence-corrected chi connectivity index (χ1v) is 7.26. The molecule has 0 saturated carbocycles. The van der Waals surface area contributed by atoms with Crippen LogP contribution in [0.15, 0.2) is 18.2 Å². The summed E-state index contributed by atoms with van der Waals surface area (Å²) in [4.78, 5) is 24.4. The van der Waals surface area contributed by atoms with E-state index in [9.17, 15) is 14.9 Å². The number of methoxy groups -OCH3 is 1. The van der Waals surface area contributed by atoms with Crippen molar-refractivity contribution in [3.8, 4) is 0 Å². The second-order valence-electron chi connectivity index (χ2n) is 4.98. The molecule has 0 amide bonds. The Bertz CT molecular complexity index is 520. The molecule has 7 nitrogen and oxygen atoms in total. The number of nitrogens with zero attached hydrogens (tertiary/aromatic N) is 2. The molecule has 0 aliphatic carbocycles. The van der Waals surface area contributed by atoms with E-state index in [1.165, 1.54) is 13.2 Å². The molecular weight excluding hydrogens is 286 g/mol. The van der Waals surface area contributed by atoms with Crippen LogP contribution in [0.25, 0.3) is 0 Å². The average molecular weight is 309 g/mol. The van der Waals surface area contributed by atoms with Gasteiger partial charge in [0.2, 0.25) is 0 Å². The molecule has 0 aliphatic rings. The summed E-state index contributed by atoms with van der Waals surface area (Å²) in [5.74, 6) is -0.689. The molecule has 0 heterocycles. The molecule has 0 spiro atoms. The fraction of sp³-hybridized carbons (Fsp3) is 0.533. The Morgan fingerprint density at radius 3 is 2.68 bits per heavy atom. The Kier molecular flexibility index (Phi) is 7.48. The van der Waals surface area contributed by atoms with Gasteiger partial charge in [0.25, 0.3) is 5.69 Å². The Hall–Kier alpha value is -1.99. The minimum atomic E-state index is -0.689. The van der Waals surface area contributed by atoms with Gasteiger partial charge in [-0.05, 0) is 31.6 Å². The maximum absolute atomic E-state index is 11.7. The maximum Gasteiger partial charge on any atom is 0.344 e. The number of nitro groups is 1. The SMILES string of the molecule is CCCN(CCNC)Cc1ccc([N+](=O)[O-])c(C(=O)OC)c1. The third-order valence-corrected chi connectivity index (χ3v) is 3.29. The molecule has 0 saturated heterocycles. The zero-order chi connectivity index (χ0) is 16.5. The van der Waals surface area contributed by atoms with Crippen LogP contribution in [0.1, 0.15) is 29.3 Å². The molecule has 1 aromatic rings. The third kappa shape index (κ3) is 5.09. The number of ether oxygens (including phenoxy) is 1. The molecule has 0 radical (unpaired) electrons. The van der Waals surface area contributed by atoms with Crippen molar-refractivity contribution >= 4 is 11.7 Å². The molecule has 0 bridgehead atoms. The van der Waals surface area contributed by atoms with Crippen LogP contribution in [-0.2, 0) is 11.3 Å². The second-order valence-corrected chi connectivity index (χ2v) is 4.98. The molecule has 1 aromatic carbocycles. The first kappa shape index (κ1) is 18.1. The fourth-order valence-electron chi connectivity index (χ4n) is 2.23. The van der Waals surface area contributed by atoms with Gasteiger partial charge >= 0.3 is 5.97 Å².